The van der Waals surface area contributed by atoms with E-state index in [4.69, 9.17) is 44.8 Å². The van der Waals surface area contributed by atoms with Crippen LogP contribution in [0.2, 0.25) is 15.1 Å². The van der Waals surface area contributed by atoms with Gasteiger partial charge in [-0.25, -0.2) is 9.97 Å². The van der Waals surface area contributed by atoms with Crippen molar-refractivity contribution in [2.45, 2.75) is 51.1 Å². The maximum absolute atomic E-state index is 14.7. The van der Waals surface area contributed by atoms with Gasteiger partial charge >= 0.3 is 0 Å². The molecule has 3 aromatic heterocycles. The number of anilines is 2. The van der Waals surface area contributed by atoms with E-state index in [0.29, 0.717) is 55.5 Å². The highest BCUT2D eigenvalue weighted by Gasteiger charge is 2.32. The average molecular weight is 767 g/mol. The number of H-pyrrole nitrogens is 1. The first-order chi connectivity index (χ1) is 25.8. The van der Waals surface area contributed by atoms with Crippen LogP contribution in [0.25, 0.3) is 33.4 Å². The maximum atomic E-state index is 14.7. The van der Waals surface area contributed by atoms with Crippen molar-refractivity contribution in [1.82, 2.24) is 24.4 Å². The summed E-state index contributed by atoms with van der Waals surface area (Å²) in [6.45, 7) is 4.35. The van der Waals surface area contributed by atoms with Gasteiger partial charge < -0.3 is 24.7 Å². The number of imidazole rings is 1. The number of rotatable bonds is 8. The second kappa shape index (κ2) is 14.9. The highest BCUT2D eigenvalue weighted by Crippen LogP contribution is 2.42. The van der Waals surface area contributed by atoms with Crippen LogP contribution in [0.5, 0.6) is 0 Å². The Hall–Kier alpha value is -4.83. The van der Waals surface area contributed by atoms with Crippen LogP contribution in [0, 0.1) is 0 Å². The van der Waals surface area contributed by atoms with E-state index >= 15 is 0 Å². The Kier molecular flexibility index (Phi) is 9.89. The molecule has 2 aliphatic rings. The van der Waals surface area contributed by atoms with Crippen molar-refractivity contribution in [3.8, 4) is 22.5 Å². The summed E-state index contributed by atoms with van der Waals surface area (Å²) in [6, 6.07) is 24.6. The highest BCUT2D eigenvalue weighted by atomic mass is 35.5. The number of likely N-dealkylation sites (tertiary alicyclic amines) is 1. The first kappa shape index (κ1) is 35.2. The van der Waals surface area contributed by atoms with E-state index in [9.17, 15) is 9.59 Å². The molecule has 0 radical (unpaired) electrons. The number of hydrogen-bond acceptors (Lipinski definition) is 5. The summed E-state index contributed by atoms with van der Waals surface area (Å²) in [6.07, 6.45) is 7.92. The van der Waals surface area contributed by atoms with Gasteiger partial charge in [0, 0.05) is 75.4 Å². The molecule has 6 aromatic rings. The third kappa shape index (κ3) is 6.89. The molecule has 2 aliphatic heterocycles. The molecule has 0 spiro atoms. The second-order valence-electron chi connectivity index (χ2n) is 13.7. The molecule has 0 aliphatic carbocycles. The van der Waals surface area contributed by atoms with Crippen molar-refractivity contribution < 1.29 is 9.59 Å². The summed E-state index contributed by atoms with van der Waals surface area (Å²) in [4.78, 5) is 44.7. The molecule has 8 rings (SSSR count). The lowest BCUT2D eigenvalue weighted by Crippen LogP contribution is -2.49. The number of fused-ring (bicyclic) bond motifs is 1. The van der Waals surface area contributed by atoms with E-state index in [0.717, 1.165) is 67.5 Å². The van der Waals surface area contributed by atoms with Crippen LogP contribution < -0.4 is 10.2 Å². The number of hydrogen-bond donors (Lipinski definition) is 2. The van der Waals surface area contributed by atoms with Crippen LogP contribution in [-0.2, 0) is 4.79 Å². The van der Waals surface area contributed by atoms with Gasteiger partial charge in [0.2, 0.25) is 5.91 Å². The Balaban J connectivity index is 1.19. The van der Waals surface area contributed by atoms with Crippen molar-refractivity contribution in [3.05, 3.63) is 118 Å². The van der Waals surface area contributed by atoms with Crippen LogP contribution in [0.15, 0.2) is 91.4 Å². The van der Waals surface area contributed by atoms with E-state index in [1.807, 2.05) is 79.7 Å². The molecule has 0 bridgehead atoms. The summed E-state index contributed by atoms with van der Waals surface area (Å²) in [7, 11) is 0. The molecule has 1 unspecified atom stereocenters. The van der Waals surface area contributed by atoms with Crippen LogP contribution in [0.3, 0.4) is 0 Å². The van der Waals surface area contributed by atoms with Crippen molar-refractivity contribution >= 4 is 69.0 Å². The molecule has 270 valence electrons. The fraction of sp³-hybridized carbons (Fsp3) is 0.268. The quantitative estimate of drug-likeness (QED) is 0.161. The molecule has 2 N–H and O–H groups in total. The summed E-state index contributed by atoms with van der Waals surface area (Å²) in [5.41, 5.74) is 5.56. The molecule has 2 saturated heterocycles. The van der Waals surface area contributed by atoms with Crippen molar-refractivity contribution in [2.75, 3.05) is 29.9 Å². The van der Waals surface area contributed by atoms with Gasteiger partial charge in [0.15, 0.2) is 5.82 Å². The zero-order chi connectivity index (χ0) is 36.6. The standard InChI is InChI=1S/C41H38Cl3N7O2/c1-25(30-14-12-27(42)22-32(30)44)51-24-46-37(26-8-3-2-4-9-26)39(51)36-31-15-13-28(43)23-34(31)47-38(36)41(53)48-33-10-7-18-45-40(33)49-20-16-29(17-21-49)50-19-6-5-11-35(50)52/h2-4,7-10,12-15,18,22-25,29,47H,5-6,11,16-17,19-21H2,1H3,(H,48,53). The minimum Gasteiger partial charge on any atom is -0.355 e. The Morgan fingerprint density at radius 3 is 2.45 bits per heavy atom. The molecule has 53 heavy (non-hydrogen) atoms. The first-order valence-corrected chi connectivity index (χ1v) is 19.1. The Morgan fingerprint density at radius 2 is 1.68 bits per heavy atom. The zero-order valence-corrected chi connectivity index (χ0v) is 31.4. The van der Waals surface area contributed by atoms with Gasteiger partial charge in [0.05, 0.1) is 29.4 Å². The first-order valence-electron chi connectivity index (χ1n) is 18.0. The number of carbonyl (C=O) groups is 2. The number of nitrogens with zero attached hydrogens (tertiary/aromatic N) is 5. The summed E-state index contributed by atoms with van der Waals surface area (Å²) in [5, 5.41) is 5.64. The second-order valence-corrected chi connectivity index (χ2v) is 15.0. The Bertz CT molecular complexity index is 2310. The molecule has 12 heteroatoms. The number of aromatic amines is 1. The minimum absolute atomic E-state index is 0.232. The lowest BCUT2D eigenvalue weighted by atomic mass is 9.99. The number of benzene rings is 3. The van der Waals surface area contributed by atoms with Gasteiger partial charge in [0.1, 0.15) is 5.69 Å². The summed E-state index contributed by atoms with van der Waals surface area (Å²) >= 11 is 19.6. The van der Waals surface area contributed by atoms with Gasteiger partial charge in [-0.2, -0.15) is 0 Å². The molecular weight excluding hydrogens is 729 g/mol. The topological polar surface area (TPSA) is 99.2 Å². The molecule has 3 aromatic carbocycles. The number of nitrogens with one attached hydrogen (secondary N) is 2. The molecule has 1 atom stereocenters. The molecule has 2 fully saturated rings. The van der Waals surface area contributed by atoms with Gasteiger partial charge in [-0.1, -0.05) is 77.3 Å². The highest BCUT2D eigenvalue weighted by molar-refractivity contribution is 6.35. The number of amides is 2. The van der Waals surface area contributed by atoms with Gasteiger partial charge in [-0.05, 0) is 74.6 Å². The SMILES string of the molecule is CC(c1ccc(Cl)cc1Cl)n1cnc(-c2ccccc2)c1-c1c(C(=O)Nc2cccnc2N2CCC(N3CCCCC3=O)CC2)[nH]c2cc(Cl)ccc12. The van der Waals surface area contributed by atoms with Crippen LogP contribution in [-0.4, -0.2) is 61.9 Å². The van der Waals surface area contributed by atoms with E-state index < -0.39 is 0 Å². The van der Waals surface area contributed by atoms with E-state index in [1.54, 1.807) is 18.6 Å². The molecule has 5 heterocycles. The monoisotopic (exact) mass is 765 g/mol. The number of halogens is 3. The van der Waals surface area contributed by atoms with Crippen LogP contribution in [0.4, 0.5) is 11.5 Å². The number of aromatic nitrogens is 4. The predicted octanol–water partition coefficient (Wildman–Crippen LogP) is 9.90. The maximum Gasteiger partial charge on any atom is 0.272 e. The predicted molar refractivity (Wildman–Crippen MR) is 213 cm³/mol. The largest absolute Gasteiger partial charge is 0.355 e. The van der Waals surface area contributed by atoms with Gasteiger partial charge in [-0.3, -0.25) is 9.59 Å². The number of carbonyl (C=O) groups excluding carboxylic acids is 2. The lowest BCUT2D eigenvalue weighted by Gasteiger charge is -2.40. The van der Waals surface area contributed by atoms with Gasteiger partial charge in [0.25, 0.3) is 5.91 Å². The third-order valence-corrected chi connectivity index (χ3v) is 11.3. The van der Waals surface area contributed by atoms with E-state index in [-0.39, 0.29) is 23.9 Å². The lowest BCUT2D eigenvalue weighted by molar-refractivity contribution is -0.136. The molecule has 0 saturated carbocycles. The fourth-order valence-corrected chi connectivity index (χ4v) is 8.56. The van der Waals surface area contributed by atoms with Crippen LogP contribution >= 0.6 is 34.8 Å². The van der Waals surface area contributed by atoms with Gasteiger partial charge in [-0.15, -0.1) is 0 Å². The number of pyridine rings is 1. The normalized spacial score (nSPS) is 16.0. The smallest absolute Gasteiger partial charge is 0.272 e. The van der Waals surface area contributed by atoms with Crippen molar-refractivity contribution in [1.29, 1.82) is 0 Å². The summed E-state index contributed by atoms with van der Waals surface area (Å²) < 4.78 is 2.05. The fourth-order valence-electron chi connectivity index (χ4n) is 7.82. The third-order valence-electron chi connectivity index (χ3n) is 10.5. The zero-order valence-electron chi connectivity index (χ0n) is 29.2. The van der Waals surface area contributed by atoms with E-state index in [2.05, 4.69) is 24.7 Å². The van der Waals surface area contributed by atoms with Crippen LogP contribution in [0.1, 0.15) is 61.1 Å². The average Bonchev–Trinajstić information content (AvgIpc) is 3.77. The van der Waals surface area contributed by atoms with E-state index in [1.165, 1.54) is 0 Å². The van der Waals surface area contributed by atoms with Crippen molar-refractivity contribution in [2.24, 2.45) is 0 Å². The number of piperidine rings is 2. The Labute approximate surface area is 322 Å². The molecular formula is C41H38Cl3N7O2. The minimum atomic E-state index is -0.334. The van der Waals surface area contributed by atoms with Crippen molar-refractivity contribution in [3.63, 3.8) is 0 Å². The molecule has 9 nitrogen and oxygen atoms in total. The Morgan fingerprint density at radius 1 is 0.906 bits per heavy atom. The summed E-state index contributed by atoms with van der Waals surface area (Å²) in [5.74, 6) is 0.628. The molecule has 2 amide bonds.